The second-order valence-corrected chi connectivity index (χ2v) is 5.68. The largest absolute Gasteiger partial charge is 0.392 e. The van der Waals surface area contributed by atoms with Crippen molar-refractivity contribution in [3.8, 4) is 0 Å². The van der Waals surface area contributed by atoms with Gasteiger partial charge in [0.15, 0.2) is 0 Å². The first-order valence-corrected chi connectivity index (χ1v) is 7.10. The Bertz CT molecular complexity index is 521. The summed E-state index contributed by atoms with van der Waals surface area (Å²) in [5, 5.41) is 12.2. The first kappa shape index (κ1) is 13.4. The van der Waals surface area contributed by atoms with Crippen LogP contribution in [0, 0.1) is 11.7 Å². The molecule has 2 fully saturated rings. The Kier molecular flexibility index (Phi) is 3.61. The SMILES string of the molecule is O=C1CCC2CN(c3cc(F)cc(CO)c3)CCC2N1. The fourth-order valence-corrected chi connectivity index (χ4v) is 3.25. The zero-order valence-corrected chi connectivity index (χ0v) is 11.3. The molecule has 2 N–H and O–H groups in total. The molecule has 2 saturated heterocycles. The topological polar surface area (TPSA) is 52.6 Å². The van der Waals surface area contributed by atoms with Crippen LogP contribution in [0.15, 0.2) is 18.2 Å². The highest BCUT2D eigenvalue weighted by Crippen LogP contribution is 2.29. The average Bonchev–Trinajstić information content (AvgIpc) is 2.46. The molecule has 0 aliphatic carbocycles. The molecule has 2 heterocycles. The van der Waals surface area contributed by atoms with E-state index in [1.54, 1.807) is 0 Å². The van der Waals surface area contributed by atoms with E-state index in [0.29, 0.717) is 17.9 Å². The van der Waals surface area contributed by atoms with Gasteiger partial charge in [0.2, 0.25) is 5.91 Å². The van der Waals surface area contributed by atoms with Gasteiger partial charge in [-0.05, 0) is 42.5 Å². The number of rotatable bonds is 2. The van der Waals surface area contributed by atoms with E-state index in [4.69, 9.17) is 5.11 Å². The van der Waals surface area contributed by atoms with Crippen LogP contribution >= 0.6 is 0 Å². The Morgan fingerprint density at radius 1 is 1.35 bits per heavy atom. The van der Waals surface area contributed by atoms with Crippen LogP contribution in [0.3, 0.4) is 0 Å². The Hall–Kier alpha value is -1.62. The van der Waals surface area contributed by atoms with Crippen LogP contribution in [-0.2, 0) is 11.4 Å². The first-order chi connectivity index (χ1) is 9.65. The van der Waals surface area contributed by atoms with Crippen LogP contribution in [0.4, 0.5) is 10.1 Å². The maximum absolute atomic E-state index is 13.6. The van der Waals surface area contributed by atoms with Crippen molar-refractivity contribution >= 4 is 11.6 Å². The number of amides is 1. The average molecular weight is 278 g/mol. The quantitative estimate of drug-likeness (QED) is 0.860. The fourth-order valence-electron chi connectivity index (χ4n) is 3.25. The van der Waals surface area contributed by atoms with Crippen molar-refractivity contribution in [2.24, 2.45) is 5.92 Å². The van der Waals surface area contributed by atoms with E-state index in [9.17, 15) is 9.18 Å². The fraction of sp³-hybridized carbons (Fsp3) is 0.533. The van der Waals surface area contributed by atoms with Crippen molar-refractivity contribution in [1.29, 1.82) is 0 Å². The number of nitrogens with one attached hydrogen (secondary N) is 1. The summed E-state index contributed by atoms with van der Waals surface area (Å²) in [4.78, 5) is 13.5. The molecular weight excluding hydrogens is 259 g/mol. The predicted molar refractivity (Wildman–Crippen MR) is 73.8 cm³/mol. The van der Waals surface area contributed by atoms with E-state index in [-0.39, 0.29) is 24.4 Å². The van der Waals surface area contributed by atoms with E-state index in [0.717, 1.165) is 31.6 Å². The van der Waals surface area contributed by atoms with Crippen LogP contribution in [0.1, 0.15) is 24.8 Å². The molecule has 108 valence electrons. The monoisotopic (exact) mass is 278 g/mol. The molecule has 2 aliphatic heterocycles. The number of nitrogens with zero attached hydrogens (tertiary/aromatic N) is 1. The molecule has 1 amide bonds. The number of hydrogen-bond acceptors (Lipinski definition) is 3. The van der Waals surface area contributed by atoms with Crippen molar-refractivity contribution in [3.63, 3.8) is 0 Å². The van der Waals surface area contributed by atoms with Crippen molar-refractivity contribution < 1.29 is 14.3 Å². The number of fused-ring (bicyclic) bond motifs is 1. The molecule has 2 aliphatic rings. The summed E-state index contributed by atoms with van der Waals surface area (Å²) in [5.74, 6) is 0.265. The summed E-state index contributed by atoms with van der Waals surface area (Å²) < 4.78 is 13.6. The maximum atomic E-state index is 13.6. The molecule has 4 nitrogen and oxygen atoms in total. The highest BCUT2D eigenvalue weighted by molar-refractivity contribution is 5.77. The molecule has 20 heavy (non-hydrogen) atoms. The second-order valence-electron chi connectivity index (χ2n) is 5.68. The summed E-state index contributed by atoms with van der Waals surface area (Å²) in [7, 11) is 0. The highest BCUT2D eigenvalue weighted by atomic mass is 19.1. The highest BCUT2D eigenvalue weighted by Gasteiger charge is 2.33. The molecule has 1 aromatic rings. The molecule has 5 heteroatoms. The molecule has 0 aromatic heterocycles. The first-order valence-electron chi connectivity index (χ1n) is 7.10. The van der Waals surface area contributed by atoms with Crippen LogP contribution in [0.5, 0.6) is 0 Å². The van der Waals surface area contributed by atoms with E-state index in [1.807, 2.05) is 6.07 Å². The molecule has 0 saturated carbocycles. The van der Waals surface area contributed by atoms with Crippen molar-refractivity contribution in [2.75, 3.05) is 18.0 Å². The number of anilines is 1. The van der Waals surface area contributed by atoms with E-state index in [1.165, 1.54) is 12.1 Å². The number of hydrogen-bond donors (Lipinski definition) is 2. The molecule has 0 spiro atoms. The zero-order valence-electron chi connectivity index (χ0n) is 11.3. The Labute approximate surface area is 117 Å². The molecule has 0 radical (unpaired) electrons. The number of piperidine rings is 2. The lowest BCUT2D eigenvalue weighted by Crippen LogP contribution is -2.54. The molecular formula is C15H19FN2O2. The third-order valence-electron chi connectivity index (χ3n) is 4.31. The molecule has 3 rings (SSSR count). The van der Waals surface area contributed by atoms with Gasteiger partial charge in [0.1, 0.15) is 5.82 Å². The molecule has 2 unspecified atom stereocenters. The number of aliphatic hydroxyl groups is 1. The molecule has 0 bridgehead atoms. The maximum Gasteiger partial charge on any atom is 0.220 e. The number of halogens is 1. The Morgan fingerprint density at radius 2 is 2.20 bits per heavy atom. The number of carbonyl (C=O) groups is 1. The summed E-state index contributed by atoms with van der Waals surface area (Å²) in [5.41, 5.74) is 1.42. The van der Waals surface area contributed by atoms with Gasteiger partial charge >= 0.3 is 0 Å². The van der Waals surface area contributed by atoms with Gasteiger partial charge in [-0.3, -0.25) is 4.79 Å². The Morgan fingerprint density at radius 3 is 3.00 bits per heavy atom. The molecule has 1 aromatic carbocycles. The number of carbonyl (C=O) groups excluding carboxylic acids is 1. The summed E-state index contributed by atoms with van der Waals surface area (Å²) >= 11 is 0. The summed E-state index contributed by atoms with van der Waals surface area (Å²) in [6.07, 6.45) is 2.37. The van der Waals surface area contributed by atoms with E-state index < -0.39 is 0 Å². The minimum absolute atomic E-state index is 0.146. The van der Waals surface area contributed by atoms with Crippen LogP contribution in [0.2, 0.25) is 0 Å². The normalized spacial score (nSPS) is 26.1. The zero-order chi connectivity index (χ0) is 14.1. The Balaban J connectivity index is 1.76. The smallest absolute Gasteiger partial charge is 0.220 e. The van der Waals surface area contributed by atoms with Crippen molar-refractivity contribution in [2.45, 2.75) is 31.9 Å². The van der Waals surface area contributed by atoms with Gasteiger partial charge in [-0.2, -0.15) is 0 Å². The van der Waals surface area contributed by atoms with Gasteiger partial charge in [-0.25, -0.2) is 4.39 Å². The van der Waals surface area contributed by atoms with Crippen LogP contribution in [0.25, 0.3) is 0 Å². The lowest BCUT2D eigenvalue weighted by atomic mass is 9.85. The minimum Gasteiger partial charge on any atom is -0.392 e. The lowest BCUT2D eigenvalue weighted by molar-refractivity contribution is -0.124. The summed E-state index contributed by atoms with van der Waals surface area (Å²) in [6, 6.07) is 4.97. The second kappa shape index (κ2) is 5.40. The van der Waals surface area contributed by atoms with Crippen LogP contribution < -0.4 is 10.2 Å². The third kappa shape index (κ3) is 2.63. The minimum atomic E-state index is -0.314. The summed E-state index contributed by atoms with van der Waals surface area (Å²) in [6.45, 7) is 1.48. The van der Waals surface area contributed by atoms with Gasteiger partial charge in [0.25, 0.3) is 0 Å². The van der Waals surface area contributed by atoms with Gasteiger partial charge in [0, 0.05) is 31.2 Å². The van der Waals surface area contributed by atoms with Crippen molar-refractivity contribution in [3.05, 3.63) is 29.6 Å². The van der Waals surface area contributed by atoms with Crippen LogP contribution in [-0.4, -0.2) is 30.1 Å². The predicted octanol–water partition coefficient (Wildman–Crippen LogP) is 1.42. The van der Waals surface area contributed by atoms with E-state index >= 15 is 0 Å². The van der Waals surface area contributed by atoms with Gasteiger partial charge < -0.3 is 15.3 Å². The van der Waals surface area contributed by atoms with Gasteiger partial charge in [-0.1, -0.05) is 0 Å². The van der Waals surface area contributed by atoms with Crippen molar-refractivity contribution in [1.82, 2.24) is 5.32 Å². The number of aliphatic hydroxyl groups excluding tert-OH is 1. The third-order valence-corrected chi connectivity index (χ3v) is 4.31. The van der Waals surface area contributed by atoms with Gasteiger partial charge in [-0.15, -0.1) is 0 Å². The lowest BCUT2D eigenvalue weighted by Gasteiger charge is -2.42. The molecule has 2 atom stereocenters. The number of benzene rings is 1. The van der Waals surface area contributed by atoms with Gasteiger partial charge in [0.05, 0.1) is 6.61 Å². The van der Waals surface area contributed by atoms with E-state index in [2.05, 4.69) is 10.2 Å². The standard InChI is InChI=1S/C15H19FN2O2/c16-12-5-10(9-19)6-13(7-12)18-4-3-14-11(8-18)1-2-15(20)17-14/h5-7,11,14,19H,1-4,8-9H2,(H,17,20).